The van der Waals surface area contributed by atoms with Crippen molar-refractivity contribution < 1.29 is 4.42 Å². The molecule has 1 heterocycles. The van der Waals surface area contributed by atoms with E-state index in [1.54, 1.807) is 0 Å². The summed E-state index contributed by atoms with van der Waals surface area (Å²) >= 11 is 0. The first-order valence-electron chi connectivity index (χ1n) is 21.2. The molecule has 0 aliphatic heterocycles. The van der Waals surface area contributed by atoms with Crippen LogP contribution in [0, 0.1) is 5.92 Å². The minimum Gasteiger partial charge on any atom is -0.456 e. The summed E-state index contributed by atoms with van der Waals surface area (Å²) in [6, 6.07) is 68.1. The minimum atomic E-state index is -0.232. The average Bonchev–Trinajstić information content (AvgIpc) is 3.79. The molecule has 0 spiro atoms. The Bertz CT molecular complexity index is 3110. The monoisotopic (exact) mass is 771 g/mol. The molecular formula is C58H45NO. The van der Waals surface area contributed by atoms with Gasteiger partial charge in [-0.2, -0.15) is 0 Å². The normalized spacial score (nSPS) is 15.3. The average molecular weight is 772 g/mol. The summed E-state index contributed by atoms with van der Waals surface area (Å²) in [5, 5.41) is 2.40. The van der Waals surface area contributed by atoms with Crippen molar-refractivity contribution in [1.82, 2.24) is 0 Å². The molecule has 1 atom stereocenters. The van der Waals surface area contributed by atoms with Crippen molar-refractivity contribution in [3.63, 3.8) is 0 Å². The van der Waals surface area contributed by atoms with Crippen LogP contribution < -0.4 is 4.90 Å². The number of nitrogens with zero attached hydrogens (tertiary/aromatic N) is 1. The standard InChI is InChI=1S/C58H45NO/c1-38-16-15-24-50-54(38)56-51(37-53-55(57(56)58(50,2)3)48-23-13-14-25-52(48)60-53)59(45-32-30-42(31-33-45)40-19-9-5-10-20-40)46-34-35-47(49(36-46)43-21-11-6-12-22-43)44-28-26-41(27-29-44)39-17-7-4-8-18-39/h4-15,17-38H,16H2,1-3H3. The number of allylic oxidation sites excluding steroid dienone is 4. The topological polar surface area (TPSA) is 16.4 Å². The lowest BCUT2D eigenvalue weighted by atomic mass is 9.77. The fourth-order valence-electron chi connectivity index (χ4n) is 9.98. The van der Waals surface area contributed by atoms with Gasteiger partial charge in [0.25, 0.3) is 0 Å². The van der Waals surface area contributed by atoms with Crippen LogP contribution in [0.3, 0.4) is 0 Å². The number of furan rings is 1. The Balaban J connectivity index is 1.17. The van der Waals surface area contributed by atoms with Crippen molar-refractivity contribution in [2.24, 2.45) is 5.92 Å². The van der Waals surface area contributed by atoms with Gasteiger partial charge in [-0.05, 0) is 104 Å². The van der Waals surface area contributed by atoms with Crippen molar-refractivity contribution in [2.75, 3.05) is 4.90 Å². The molecule has 0 saturated heterocycles. The molecule has 0 fully saturated rings. The molecule has 0 saturated carbocycles. The van der Waals surface area contributed by atoms with Crippen LogP contribution in [0.5, 0.6) is 0 Å². The molecule has 0 radical (unpaired) electrons. The lowest BCUT2D eigenvalue weighted by molar-refractivity contribution is 0.644. The van der Waals surface area contributed by atoms with Crippen LogP contribution >= 0.6 is 0 Å². The van der Waals surface area contributed by atoms with Crippen LogP contribution in [-0.2, 0) is 5.41 Å². The maximum Gasteiger partial charge on any atom is 0.137 e. The van der Waals surface area contributed by atoms with E-state index in [0.29, 0.717) is 5.92 Å². The molecular weight excluding hydrogens is 727 g/mol. The van der Waals surface area contributed by atoms with Gasteiger partial charge in [-0.3, -0.25) is 0 Å². The summed E-state index contributed by atoms with van der Waals surface area (Å²) in [4.78, 5) is 2.49. The van der Waals surface area contributed by atoms with Crippen LogP contribution in [0.15, 0.2) is 210 Å². The maximum absolute atomic E-state index is 6.84. The van der Waals surface area contributed by atoms with E-state index in [9.17, 15) is 0 Å². The van der Waals surface area contributed by atoms with Gasteiger partial charge in [0.2, 0.25) is 0 Å². The van der Waals surface area contributed by atoms with Gasteiger partial charge in [-0.25, -0.2) is 0 Å². The van der Waals surface area contributed by atoms with E-state index in [1.807, 2.05) is 0 Å². The molecule has 11 rings (SSSR count). The van der Waals surface area contributed by atoms with Crippen LogP contribution in [-0.4, -0.2) is 0 Å². The van der Waals surface area contributed by atoms with Gasteiger partial charge in [0.15, 0.2) is 0 Å². The number of benzene rings is 8. The molecule has 2 aliphatic rings. The van der Waals surface area contributed by atoms with Crippen LogP contribution in [0.1, 0.15) is 38.3 Å². The number of para-hydroxylation sites is 1. The number of hydrogen-bond donors (Lipinski definition) is 0. The first kappa shape index (κ1) is 36.0. The third-order valence-electron chi connectivity index (χ3n) is 12.9. The predicted octanol–water partition coefficient (Wildman–Crippen LogP) is 16.4. The smallest absolute Gasteiger partial charge is 0.137 e. The molecule has 0 amide bonds. The summed E-state index contributed by atoms with van der Waals surface area (Å²) in [5.41, 5.74) is 20.0. The van der Waals surface area contributed by atoms with Gasteiger partial charge in [0.05, 0.1) is 5.69 Å². The zero-order valence-corrected chi connectivity index (χ0v) is 34.2. The Kier molecular flexibility index (Phi) is 8.56. The van der Waals surface area contributed by atoms with Crippen molar-refractivity contribution >= 4 is 44.6 Å². The fourth-order valence-corrected chi connectivity index (χ4v) is 9.98. The van der Waals surface area contributed by atoms with E-state index in [4.69, 9.17) is 4.42 Å². The van der Waals surface area contributed by atoms with Crippen LogP contribution in [0.2, 0.25) is 0 Å². The Morgan fingerprint density at radius 2 is 1.05 bits per heavy atom. The third kappa shape index (κ3) is 5.86. The second-order valence-electron chi connectivity index (χ2n) is 16.9. The van der Waals surface area contributed by atoms with E-state index in [0.717, 1.165) is 34.6 Å². The second kappa shape index (κ2) is 14.3. The van der Waals surface area contributed by atoms with E-state index >= 15 is 0 Å². The number of fused-ring (bicyclic) bond motifs is 6. The van der Waals surface area contributed by atoms with Gasteiger partial charge in [0.1, 0.15) is 11.2 Å². The lowest BCUT2D eigenvalue weighted by Crippen LogP contribution is -2.18. The van der Waals surface area contributed by atoms with Crippen molar-refractivity contribution in [2.45, 2.75) is 32.6 Å². The molecule has 0 bridgehead atoms. The molecule has 288 valence electrons. The van der Waals surface area contributed by atoms with Gasteiger partial charge >= 0.3 is 0 Å². The first-order chi connectivity index (χ1) is 29.4. The van der Waals surface area contributed by atoms with Crippen LogP contribution in [0.25, 0.3) is 72.0 Å². The van der Waals surface area contributed by atoms with Gasteiger partial charge in [0, 0.05) is 39.2 Å². The van der Waals surface area contributed by atoms with E-state index in [2.05, 4.69) is 226 Å². The van der Waals surface area contributed by atoms with Crippen molar-refractivity contribution in [3.05, 3.63) is 217 Å². The maximum atomic E-state index is 6.84. The summed E-state index contributed by atoms with van der Waals surface area (Å²) in [7, 11) is 0. The predicted molar refractivity (Wildman–Crippen MR) is 253 cm³/mol. The SMILES string of the molecule is CC1CC=CC2=C1c1c(N(c3ccc(-c4ccccc4)cc3)c3ccc(-c4ccc(-c5ccccc5)cc4)c(-c4ccccc4)c3)cc3oc4ccccc4c3c1C2(C)C. The van der Waals surface area contributed by atoms with E-state index < -0.39 is 0 Å². The highest BCUT2D eigenvalue weighted by Gasteiger charge is 2.44. The van der Waals surface area contributed by atoms with Gasteiger partial charge < -0.3 is 9.32 Å². The van der Waals surface area contributed by atoms with E-state index in [1.165, 1.54) is 77.6 Å². The molecule has 9 aromatic rings. The molecule has 1 unspecified atom stereocenters. The Morgan fingerprint density at radius 3 is 1.72 bits per heavy atom. The van der Waals surface area contributed by atoms with Crippen molar-refractivity contribution in [3.8, 4) is 44.5 Å². The Morgan fingerprint density at radius 1 is 0.517 bits per heavy atom. The molecule has 60 heavy (non-hydrogen) atoms. The molecule has 1 aromatic heterocycles. The zero-order chi connectivity index (χ0) is 40.4. The Hall–Kier alpha value is -7.16. The lowest BCUT2D eigenvalue weighted by Gasteiger charge is -2.31. The summed E-state index contributed by atoms with van der Waals surface area (Å²) in [6.07, 6.45) is 5.79. The zero-order valence-electron chi connectivity index (χ0n) is 34.2. The largest absolute Gasteiger partial charge is 0.456 e. The molecule has 2 nitrogen and oxygen atoms in total. The fraction of sp³-hybridized carbons (Fsp3) is 0.103. The first-order valence-corrected chi connectivity index (χ1v) is 21.2. The third-order valence-corrected chi connectivity index (χ3v) is 12.9. The molecule has 2 heteroatoms. The highest BCUT2D eigenvalue weighted by molar-refractivity contribution is 6.13. The quantitative estimate of drug-likeness (QED) is 0.160. The molecule has 8 aromatic carbocycles. The highest BCUT2D eigenvalue weighted by atomic mass is 16.3. The number of anilines is 3. The number of rotatable bonds is 7. The van der Waals surface area contributed by atoms with Gasteiger partial charge in [-0.1, -0.05) is 185 Å². The molecule has 2 aliphatic carbocycles. The second-order valence-corrected chi connectivity index (χ2v) is 16.9. The van der Waals surface area contributed by atoms with Crippen molar-refractivity contribution in [1.29, 1.82) is 0 Å². The number of hydrogen-bond acceptors (Lipinski definition) is 2. The Labute approximate surface area is 352 Å². The van der Waals surface area contributed by atoms with Crippen LogP contribution in [0.4, 0.5) is 17.1 Å². The summed E-state index contributed by atoms with van der Waals surface area (Å²) < 4.78 is 6.84. The molecule has 0 N–H and O–H groups in total. The summed E-state index contributed by atoms with van der Waals surface area (Å²) in [6.45, 7) is 7.22. The summed E-state index contributed by atoms with van der Waals surface area (Å²) in [5.74, 6) is 0.364. The van der Waals surface area contributed by atoms with E-state index in [-0.39, 0.29) is 5.41 Å². The minimum absolute atomic E-state index is 0.232. The highest BCUT2D eigenvalue weighted by Crippen LogP contribution is 2.59. The van der Waals surface area contributed by atoms with Gasteiger partial charge in [-0.15, -0.1) is 0 Å².